The van der Waals surface area contributed by atoms with Gasteiger partial charge < -0.3 is 10.6 Å². The lowest BCUT2D eigenvalue weighted by molar-refractivity contribution is -0.139. The number of hydrogen-bond donors (Lipinski definition) is 1. The average molecular weight is 252 g/mol. The van der Waals surface area contributed by atoms with Crippen LogP contribution >= 0.6 is 0 Å². The highest BCUT2D eigenvalue weighted by atomic mass is 16.2. The summed E-state index contributed by atoms with van der Waals surface area (Å²) in [7, 11) is 0. The van der Waals surface area contributed by atoms with Crippen LogP contribution in [-0.2, 0) is 4.79 Å². The Morgan fingerprint density at radius 2 is 2.06 bits per heavy atom. The van der Waals surface area contributed by atoms with Crippen LogP contribution in [0.4, 0.5) is 0 Å². The number of amides is 1. The first-order valence-electron chi connectivity index (χ1n) is 7.63. The Morgan fingerprint density at radius 1 is 1.33 bits per heavy atom. The van der Waals surface area contributed by atoms with E-state index in [2.05, 4.69) is 18.7 Å². The molecule has 4 unspecified atom stereocenters. The summed E-state index contributed by atoms with van der Waals surface area (Å²) in [6.07, 6.45) is 7.01. The van der Waals surface area contributed by atoms with Gasteiger partial charge in [-0.05, 0) is 43.6 Å². The Kier molecular flexibility index (Phi) is 4.66. The van der Waals surface area contributed by atoms with E-state index in [4.69, 9.17) is 5.73 Å². The average Bonchev–Trinajstić information content (AvgIpc) is 2.39. The molecule has 2 fully saturated rings. The van der Waals surface area contributed by atoms with Crippen LogP contribution in [0.3, 0.4) is 0 Å². The van der Waals surface area contributed by atoms with E-state index >= 15 is 0 Å². The number of nitrogens with two attached hydrogens (primary N) is 1. The monoisotopic (exact) mass is 252 g/mol. The summed E-state index contributed by atoms with van der Waals surface area (Å²) in [6.45, 7) is 6.03. The fraction of sp³-hybridized carbons (Fsp3) is 0.933. The number of carbonyl (C=O) groups is 1. The molecule has 104 valence electrons. The zero-order valence-electron chi connectivity index (χ0n) is 11.9. The Morgan fingerprint density at radius 3 is 2.78 bits per heavy atom. The molecule has 4 atom stereocenters. The van der Waals surface area contributed by atoms with Gasteiger partial charge in [-0.1, -0.05) is 26.7 Å². The van der Waals surface area contributed by atoms with E-state index in [0.717, 1.165) is 18.4 Å². The second kappa shape index (κ2) is 6.05. The van der Waals surface area contributed by atoms with E-state index in [9.17, 15) is 4.79 Å². The maximum Gasteiger partial charge on any atom is 0.223 e. The molecule has 2 aliphatic rings. The van der Waals surface area contributed by atoms with Gasteiger partial charge in [0.15, 0.2) is 0 Å². The Labute approximate surface area is 111 Å². The van der Waals surface area contributed by atoms with E-state index in [1.54, 1.807) is 0 Å². The van der Waals surface area contributed by atoms with Gasteiger partial charge in [0.1, 0.15) is 0 Å². The second-order valence-corrected chi connectivity index (χ2v) is 6.41. The van der Waals surface area contributed by atoms with Crippen molar-refractivity contribution in [2.24, 2.45) is 23.5 Å². The molecule has 2 rings (SSSR count). The summed E-state index contributed by atoms with van der Waals surface area (Å²) >= 11 is 0. The molecule has 3 nitrogen and oxygen atoms in total. The van der Waals surface area contributed by atoms with Gasteiger partial charge >= 0.3 is 0 Å². The van der Waals surface area contributed by atoms with Crippen molar-refractivity contribution in [3.8, 4) is 0 Å². The highest BCUT2D eigenvalue weighted by molar-refractivity contribution is 5.77. The topological polar surface area (TPSA) is 46.3 Å². The summed E-state index contributed by atoms with van der Waals surface area (Å²) < 4.78 is 0. The van der Waals surface area contributed by atoms with Gasteiger partial charge in [0.2, 0.25) is 5.91 Å². The standard InChI is InChI=1S/C15H28N2O/c1-11(10-16)9-15(18)17-8-7-12(2)13-5-3-4-6-14(13)17/h11-14H,3-10,16H2,1-2H3. The van der Waals surface area contributed by atoms with Crippen molar-refractivity contribution >= 4 is 5.91 Å². The Balaban J connectivity index is 2.01. The van der Waals surface area contributed by atoms with Crippen molar-refractivity contribution in [2.75, 3.05) is 13.1 Å². The van der Waals surface area contributed by atoms with Gasteiger partial charge in [0.25, 0.3) is 0 Å². The molecule has 0 radical (unpaired) electrons. The minimum atomic E-state index is 0.318. The lowest BCUT2D eigenvalue weighted by atomic mass is 9.72. The van der Waals surface area contributed by atoms with Crippen molar-refractivity contribution in [1.82, 2.24) is 4.90 Å². The van der Waals surface area contributed by atoms with E-state index in [1.165, 1.54) is 32.1 Å². The van der Waals surface area contributed by atoms with Gasteiger partial charge in [-0.15, -0.1) is 0 Å². The molecule has 1 heterocycles. The molecule has 0 spiro atoms. The SMILES string of the molecule is CC(CN)CC(=O)N1CCC(C)C2CCCCC21. The third kappa shape index (κ3) is 2.87. The van der Waals surface area contributed by atoms with E-state index in [1.807, 2.05) is 0 Å². The maximum atomic E-state index is 12.4. The van der Waals surface area contributed by atoms with Gasteiger partial charge in [-0.3, -0.25) is 4.79 Å². The number of nitrogens with zero attached hydrogens (tertiary/aromatic N) is 1. The van der Waals surface area contributed by atoms with E-state index < -0.39 is 0 Å². The molecule has 0 aromatic heterocycles. The number of likely N-dealkylation sites (tertiary alicyclic amines) is 1. The minimum absolute atomic E-state index is 0.318. The van der Waals surface area contributed by atoms with Crippen LogP contribution in [0.1, 0.15) is 52.4 Å². The van der Waals surface area contributed by atoms with Gasteiger partial charge in [0.05, 0.1) is 0 Å². The zero-order chi connectivity index (χ0) is 13.1. The molecular weight excluding hydrogens is 224 g/mol. The number of rotatable bonds is 3. The van der Waals surface area contributed by atoms with Gasteiger partial charge in [-0.2, -0.15) is 0 Å². The molecule has 0 aromatic carbocycles. The highest BCUT2D eigenvalue weighted by Crippen LogP contribution is 2.39. The summed E-state index contributed by atoms with van der Waals surface area (Å²) in [6, 6.07) is 0.528. The van der Waals surface area contributed by atoms with Crippen molar-refractivity contribution in [3.63, 3.8) is 0 Å². The summed E-state index contributed by atoms with van der Waals surface area (Å²) in [4.78, 5) is 14.6. The third-order valence-corrected chi connectivity index (χ3v) is 4.98. The molecule has 1 aliphatic carbocycles. The normalized spacial score (nSPS) is 33.9. The zero-order valence-corrected chi connectivity index (χ0v) is 11.9. The summed E-state index contributed by atoms with van der Waals surface area (Å²) in [5.74, 6) is 2.21. The Bertz CT molecular complexity index is 292. The molecule has 1 amide bonds. The molecule has 3 heteroatoms. The smallest absolute Gasteiger partial charge is 0.223 e. The largest absolute Gasteiger partial charge is 0.339 e. The van der Waals surface area contributed by atoms with Crippen molar-refractivity contribution < 1.29 is 4.79 Å². The highest BCUT2D eigenvalue weighted by Gasteiger charge is 2.39. The molecule has 1 saturated heterocycles. The quantitative estimate of drug-likeness (QED) is 0.838. The Hall–Kier alpha value is -0.570. The minimum Gasteiger partial charge on any atom is -0.339 e. The molecular formula is C15H28N2O. The molecule has 2 N–H and O–H groups in total. The predicted octanol–water partition coefficient (Wildman–Crippen LogP) is 2.40. The van der Waals surface area contributed by atoms with Crippen LogP contribution in [0.5, 0.6) is 0 Å². The molecule has 1 aliphatic heterocycles. The number of hydrogen-bond acceptors (Lipinski definition) is 2. The van der Waals surface area contributed by atoms with Crippen molar-refractivity contribution in [3.05, 3.63) is 0 Å². The van der Waals surface area contributed by atoms with Crippen LogP contribution in [0, 0.1) is 17.8 Å². The second-order valence-electron chi connectivity index (χ2n) is 6.41. The molecule has 1 saturated carbocycles. The van der Waals surface area contributed by atoms with Gasteiger partial charge in [0, 0.05) is 19.0 Å². The first kappa shape index (κ1) is 13.9. The van der Waals surface area contributed by atoms with Crippen LogP contribution in [-0.4, -0.2) is 29.9 Å². The van der Waals surface area contributed by atoms with Crippen LogP contribution in [0.25, 0.3) is 0 Å². The fourth-order valence-corrected chi connectivity index (χ4v) is 3.72. The first-order chi connectivity index (χ1) is 8.63. The summed E-state index contributed by atoms with van der Waals surface area (Å²) in [5, 5.41) is 0. The predicted molar refractivity (Wildman–Crippen MR) is 74.1 cm³/mol. The summed E-state index contributed by atoms with van der Waals surface area (Å²) in [5.41, 5.74) is 5.63. The first-order valence-corrected chi connectivity index (χ1v) is 7.63. The van der Waals surface area contributed by atoms with Crippen LogP contribution < -0.4 is 5.73 Å². The lowest BCUT2D eigenvalue weighted by Gasteiger charge is -2.47. The van der Waals surface area contributed by atoms with Crippen molar-refractivity contribution in [2.45, 2.75) is 58.4 Å². The molecule has 18 heavy (non-hydrogen) atoms. The number of carbonyl (C=O) groups excluding carboxylic acids is 1. The molecule has 0 bridgehead atoms. The third-order valence-electron chi connectivity index (χ3n) is 4.98. The molecule has 0 aromatic rings. The number of fused-ring (bicyclic) bond motifs is 1. The fourth-order valence-electron chi connectivity index (χ4n) is 3.72. The number of piperidine rings is 1. The van der Waals surface area contributed by atoms with Crippen molar-refractivity contribution in [1.29, 1.82) is 0 Å². The van der Waals surface area contributed by atoms with E-state index in [-0.39, 0.29) is 0 Å². The van der Waals surface area contributed by atoms with Gasteiger partial charge in [-0.25, -0.2) is 0 Å². The van der Waals surface area contributed by atoms with Crippen LogP contribution in [0.2, 0.25) is 0 Å². The maximum absolute atomic E-state index is 12.4. The van der Waals surface area contributed by atoms with Crippen LogP contribution in [0.15, 0.2) is 0 Å². The lowest BCUT2D eigenvalue weighted by Crippen LogP contribution is -2.52. The van der Waals surface area contributed by atoms with E-state index in [0.29, 0.717) is 30.8 Å².